The zero-order valence-electron chi connectivity index (χ0n) is 11.2. The number of hydrogen-bond donors (Lipinski definition) is 2. The molecule has 3 rings (SSSR count). The molecule has 1 aliphatic carbocycles. The first kappa shape index (κ1) is 14.3. The number of thioether (sulfide) groups is 1. The van der Waals surface area contributed by atoms with E-state index in [0.29, 0.717) is 15.8 Å². The van der Waals surface area contributed by atoms with Crippen molar-refractivity contribution in [3.05, 3.63) is 43.5 Å². The molecule has 5 nitrogen and oxygen atoms in total. The van der Waals surface area contributed by atoms with Crippen LogP contribution < -0.4 is 5.56 Å². The first-order valence-corrected chi connectivity index (χ1v) is 8.50. The Labute approximate surface area is 129 Å². The van der Waals surface area contributed by atoms with E-state index in [0.717, 1.165) is 41.8 Å². The van der Waals surface area contributed by atoms with Gasteiger partial charge in [-0.1, -0.05) is 11.8 Å². The van der Waals surface area contributed by atoms with Gasteiger partial charge in [0.2, 0.25) is 0 Å². The van der Waals surface area contributed by atoms with Gasteiger partial charge in [0, 0.05) is 16.2 Å². The highest BCUT2D eigenvalue weighted by Crippen LogP contribution is 2.25. The molecule has 7 heteroatoms. The molecule has 0 aromatic carbocycles. The number of aromatic nitrogens is 2. The number of nitrogens with one attached hydrogen (secondary N) is 1. The van der Waals surface area contributed by atoms with E-state index in [1.54, 1.807) is 12.1 Å². The van der Waals surface area contributed by atoms with E-state index in [4.69, 9.17) is 5.11 Å². The van der Waals surface area contributed by atoms with Gasteiger partial charge >= 0.3 is 5.97 Å². The van der Waals surface area contributed by atoms with Crippen LogP contribution in [0.1, 0.15) is 38.6 Å². The summed E-state index contributed by atoms with van der Waals surface area (Å²) in [5.41, 5.74) is 1.72. The molecule has 21 heavy (non-hydrogen) atoms. The summed E-state index contributed by atoms with van der Waals surface area (Å²) >= 11 is 2.69. The molecule has 0 atom stereocenters. The number of carbonyl (C=O) groups is 1. The second-order valence-electron chi connectivity index (χ2n) is 4.86. The molecule has 0 saturated heterocycles. The average Bonchev–Trinajstić information content (AvgIpc) is 2.94. The number of carboxylic acids is 1. The number of nitrogens with zero attached hydrogens (tertiary/aromatic N) is 1. The molecular weight excluding hydrogens is 308 g/mol. The third kappa shape index (κ3) is 3.19. The molecule has 2 heterocycles. The lowest BCUT2D eigenvalue weighted by Crippen LogP contribution is -2.21. The van der Waals surface area contributed by atoms with E-state index in [-0.39, 0.29) is 5.56 Å². The Hall–Kier alpha value is -1.60. The summed E-state index contributed by atoms with van der Waals surface area (Å²) in [5.74, 6) is -0.295. The monoisotopic (exact) mass is 322 g/mol. The van der Waals surface area contributed by atoms with Crippen molar-refractivity contribution < 1.29 is 9.90 Å². The number of aromatic carboxylic acids is 1. The fourth-order valence-corrected chi connectivity index (χ4v) is 4.13. The molecule has 0 bridgehead atoms. The van der Waals surface area contributed by atoms with Gasteiger partial charge in [0.25, 0.3) is 5.56 Å². The summed E-state index contributed by atoms with van der Waals surface area (Å²) < 4.78 is 0. The smallest absolute Gasteiger partial charge is 0.345 e. The number of aromatic amines is 1. The van der Waals surface area contributed by atoms with Crippen LogP contribution in [0.3, 0.4) is 0 Å². The molecule has 0 saturated carbocycles. The molecule has 0 radical (unpaired) electrons. The Kier molecular flexibility index (Phi) is 4.12. The van der Waals surface area contributed by atoms with E-state index in [1.807, 2.05) is 0 Å². The standard InChI is InChI=1S/C14H14N2O3S2/c17-12-9-3-1-2-4-10(9)15-14(16-12)20-7-8-5-6-11(21-8)13(18)19/h5-6H,1-4,7H2,(H,18,19)(H,15,16,17). The van der Waals surface area contributed by atoms with Crippen LogP contribution in [0.15, 0.2) is 22.1 Å². The molecule has 0 spiro atoms. The lowest BCUT2D eigenvalue weighted by Gasteiger charge is -2.14. The van der Waals surface area contributed by atoms with Crippen LogP contribution in [0.2, 0.25) is 0 Å². The predicted molar refractivity (Wildman–Crippen MR) is 82.3 cm³/mol. The summed E-state index contributed by atoms with van der Waals surface area (Å²) in [4.78, 5) is 31.5. The van der Waals surface area contributed by atoms with Crippen molar-refractivity contribution in [3.8, 4) is 0 Å². The molecule has 2 aromatic rings. The van der Waals surface area contributed by atoms with Gasteiger partial charge in [-0.25, -0.2) is 9.78 Å². The maximum absolute atomic E-state index is 12.0. The molecule has 0 amide bonds. The van der Waals surface area contributed by atoms with Crippen molar-refractivity contribution >= 4 is 29.1 Å². The number of hydrogen-bond acceptors (Lipinski definition) is 5. The van der Waals surface area contributed by atoms with Crippen LogP contribution in [0.25, 0.3) is 0 Å². The topological polar surface area (TPSA) is 83.0 Å². The van der Waals surface area contributed by atoms with Crippen molar-refractivity contribution in [2.45, 2.75) is 36.6 Å². The highest BCUT2D eigenvalue weighted by molar-refractivity contribution is 7.98. The molecule has 110 valence electrons. The number of carboxylic acid groups (broad SMARTS) is 1. The average molecular weight is 322 g/mol. The molecule has 1 aliphatic rings. The predicted octanol–water partition coefficient (Wildman–Crippen LogP) is 2.70. The second-order valence-corrected chi connectivity index (χ2v) is 7.00. The SMILES string of the molecule is O=C(O)c1ccc(CSc2nc3c(c(=O)[nH]2)CCCC3)s1. The number of thiophene rings is 1. The van der Waals surface area contributed by atoms with Gasteiger partial charge in [-0.3, -0.25) is 4.79 Å². The van der Waals surface area contributed by atoms with E-state index in [1.165, 1.54) is 23.1 Å². The van der Waals surface area contributed by atoms with E-state index >= 15 is 0 Å². The normalized spacial score (nSPS) is 13.9. The summed E-state index contributed by atoms with van der Waals surface area (Å²) in [6.45, 7) is 0. The second kappa shape index (κ2) is 6.03. The van der Waals surface area contributed by atoms with Crippen LogP contribution >= 0.6 is 23.1 Å². The first-order chi connectivity index (χ1) is 10.1. The molecule has 0 aliphatic heterocycles. The molecular formula is C14H14N2O3S2. The Morgan fingerprint density at radius 3 is 2.95 bits per heavy atom. The van der Waals surface area contributed by atoms with Crippen molar-refractivity contribution in [2.75, 3.05) is 0 Å². The molecule has 0 fully saturated rings. The third-order valence-electron chi connectivity index (χ3n) is 3.39. The summed E-state index contributed by atoms with van der Waals surface area (Å²) in [5, 5.41) is 9.51. The minimum Gasteiger partial charge on any atom is -0.477 e. The van der Waals surface area contributed by atoms with Gasteiger partial charge in [0.15, 0.2) is 5.16 Å². The first-order valence-electron chi connectivity index (χ1n) is 6.70. The van der Waals surface area contributed by atoms with Gasteiger partial charge < -0.3 is 10.1 Å². The van der Waals surface area contributed by atoms with E-state index < -0.39 is 5.97 Å². The van der Waals surface area contributed by atoms with Crippen LogP contribution in [0, 0.1) is 0 Å². The largest absolute Gasteiger partial charge is 0.477 e. The van der Waals surface area contributed by atoms with Crippen LogP contribution in [0.5, 0.6) is 0 Å². The summed E-state index contributed by atoms with van der Waals surface area (Å²) in [7, 11) is 0. The molecule has 2 N–H and O–H groups in total. The maximum atomic E-state index is 12.0. The lowest BCUT2D eigenvalue weighted by atomic mass is 9.97. The van der Waals surface area contributed by atoms with Crippen molar-refractivity contribution in [1.29, 1.82) is 0 Å². The van der Waals surface area contributed by atoms with Crippen LogP contribution in [-0.4, -0.2) is 21.0 Å². The van der Waals surface area contributed by atoms with Crippen LogP contribution in [0.4, 0.5) is 0 Å². The zero-order valence-corrected chi connectivity index (χ0v) is 12.9. The Balaban J connectivity index is 1.74. The lowest BCUT2D eigenvalue weighted by molar-refractivity contribution is 0.0702. The fraction of sp³-hybridized carbons (Fsp3) is 0.357. The maximum Gasteiger partial charge on any atom is 0.345 e. The number of rotatable bonds is 4. The molecule has 0 unspecified atom stereocenters. The van der Waals surface area contributed by atoms with Crippen molar-refractivity contribution in [2.24, 2.45) is 0 Å². The highest BCUT2D eigenvalue weighted by Gasteiger charge is 2.16. The Morgan fingerprint density at radius 1 is 1.38 bits per heavy atom. The van der Waals surface area contributed by atoms with Gasteiger partial charge in [0.05, 0.1) is 5.69 Å². The van der Waals surface area contributed by atoms with Gasteiger partial charge in [-0.2, -0.15) is 0 Å². The quantitative estimate of drug-likeness (QED) is 0.668. The minimum absolute atomic E-state index is 0.0281. The van der Waals surface area contributed by atoms with Crippen molar-refractivity contribution in [3.63, 3.8) is 0 Å². The fourth-order valence-electron chi connectivity index (χ4n) is 2.36. The van der Waals surface area contributed by atoms with Gasteiger partial charge in [0.1, 0.15) is 4.88 Å². The Bertz CT molecular complexity index is 736. The minimum atomic E-state index is -0.906. The third-order valence-corrected chi connectivity index (χ3v) is 5.57. The van der Waals surface area contributed by atoms with Crippen molar-refractivity contribution in [1.82, 2.24) is 9.97 Å². The zero-order chi connectivity index (χ0) is 14.8. The summed E-state index contributed by atoms with van der Waals surface area (Å²) in [6.07, 6.45) is 3.82. The van der Waals surface area contributed by atoms with Gasteiger partial charge in [-0.15, -0.1) is 11.3 Å². The van der Waals surface area contributed by atoms with E-state index in [9.17, 15) is 9.59 Å². The van der Waals surface area contributed by atoms with Gasteiger partial charge in [-0.05, 0) is 37.8 Å². The Morgan fingerprint density at radius 2 is 2.19 bits per heavy atom. The highest BCUT2D eigenvalue weighted by atomic mass is 32.2. The number of H-pyrrole nitrogens is 1. The van der Waals surface area contributed by atoms with Crippen LogP contribution in [-0.2, 0) is 18.6 Å². The number of fused-ring (bicyclic) bond motifs is 1. The number of aryl methyl sites for hydroxylation is 1. The summed E-state index contributed by atoms with van der Waals surface area (Å²) in [6, 6.07) is 3.41. The molecule has 2 aromatic heterocycles. The van der Waals surface area contributed by atoms with E-state index in [2.05, 4.69) is 9.97 Å².